The number of rotatable bonds is 4. The molecule has 0 aliphatic heterocycles. The Labute approximate surface area is 55.0 Å². The van der Waals surface area contributed by atoms with Crippen LogP contribution in [-0.2, 0) is 0 Å². The number of hydrogen-bond donors (Lipinski definition) is 2. The number of hydroxylamine groups is 2. The molecule has 0 amide bonds. The van der Waals surface area contributed by atoms with E-state index in [1.165, 1.54) is 6.20 Å². The van der Waals surface area contributed by atoms with Gasteiger partial charge in [-0.25, -0.2) is 0 Å². The molecule has 0 rings (SSSR count). The first-order valence-electron chi connectivity index (χ1n) is 2.72. The second-order valence-corrected chi connectivity index (χ2v) is 1.59. The Bertz CT molecular complexity index is 101. The third-order valence-corrected chi connectivity index (χ3v) is 0.792. The molecule has 0 heterocycles. The van der Waals surface area contributed by atoms with Crippen molar-refractivity contribution in [2.45, 2.75) is 0 Å². The molecule has 3 N–H and O–H groups in total. The van der Waals surface area contributed by atoms with Crippen molar-refractivity contribution in [3.05, 3.63) is 24.9 Å². The minimum atomic E-state index is 0.447. The molecule has 0 aromatic carbocycles. The van der Waals surface area contributed by atoms with Crippen LogP contribution in [0.2, 0.25) is 0 Å². The second-order valence-electron chi connectivity index (χ2n) is 1.59. The van der Waals surface area contributed by atoms with Gasteiger partial charge in [-0.05, 0) is 6.20 Å². The molecule has 0 unspecified atom stereocenters. The van der Waals surface area contributed by atoms with Crippen molar-refractivity contribution in [3.63, 3.8) is 0 Å². The van der Waals surface area contributed by atoms with Gasteiger partial charge in [-0.3, -0.25) is 0 Å². The van der Waals surface area contributed by atoms with Crippen LogP contribution in [0.4, 0.5) is 0 Å². The summed E-state index contributed by atoms with van der Waals surface area (Å²) in [5, 5.41) is 9.94. The third-order valence-electron chi connectivity index (χ3n) is 0.792. The Morgan fingerprint density at radius 1 is 1.56 bits per heavy atom. The normalized spacial score (nSPS) is 10.9. The van der Waals surface area contributed by atoms with E-state index in [-0.39, 0.29) is 0 Å². The summed E-state index contributed by atoms with van der Waals surface area (Å²) in [5.41, 5.74) is 5.03. The maximum Gasteiger partial charge on any atom is 0.0439 e. The van der Waals surface area contributed by atoms with E-state index in [0.717, 1.165) is 5.06 Å². The molecule has 0 aliphatic carbocycles. The molecule has 0 bridgehead atoms. The molecule has 0 atom stereocenters. The van der Waals surface area contributed by atoms with E-state index in [0.29, 0.717) is 13.1 Å². The fraction of sp³-hybridized carbons (Fsp3) is 0.333. The zero-order chi connectivity index (χ0) is 7.11. The van der Waals surface area contributed by atoms with Gasteiger partial charge >= 0.3 is 0 Å². The van der Waals surface area contributed by atoms with Gasteiger partial charge < -0.3 is 10.9 Å². The molecule has 0 aromatic heterocycles. The monoisotopic (exact) mass is 128 g/mol. The molecule has 0 saturated carbocycles. The fourth-order valence-corrected chi connectivity index (χ4v) is 0.406. The highest BCUT2D eigenvalue weighted by molar-refractivity contribution is 4.79. The van der Waals surface area contributed by atoms with Crippen molar-refractivity contribution in [3.8, 4) is 0 Å². The molecular weight excluding hydrogens is 116 g/mol. The van der Waals surface area contributed by atoms with Crippen LogP contribution in [0.15, 0.2) is 24.9 Å². The predicted molar refractivity (Wildman–Crippen MR) is 36.9 cm³/mol. The van der Waals surface area contributed by atoms with Crippen LogP contribution >= 0.6 is 0 Å². The molecule has 0 aliphatic rings. The molecule has 0 fully saturated rings. The first kappa shape index (κ1) is 8.20. The molecule has 0 saturated heterocycles. The summed E-state index contributed by atoms with van der Waals surface area (Å²) in [6.45, 7) is 4.36. The first-order chi connectivity index (χ1) is 4.31. The summed E-state index contributed by atoms with van der Waals surface area (Å²) in [5.74, 6) is 0. The topological polar surface area (TPSA) is 49.5 Å². The van der Waals surface area contributed by atoms with Gasteiger partial charge in [0.15, 0.2) is 0 Å². The summed E-state index contributed by atoms with van der Waals surface area (Å²) in [4.78, 5) is 0. The maximum absolute atomic E-state index is 8.84. The van der Waals surface area contributed by atoms with Crippen molar-refractivity contribution in [1.29, 1.82) is 0 Å². The Morgan fingerprint density at radius 2 is 2.22 bits per heavy atom. The molecule has 3 heteroatoms. The molecule has 0 radical (unpaired) electrons. The van der Waals surface area contributed by atoms with Crippen molar-refractivity contribution in [1.82, 2.24) is 5.06 Å². The number of hydrogen-bond acceptors (Lipinski definition) is 3. The van der Waals surface area contributed by atoms with Crippen LogP contribution < -0.4 is 5.73 Å². The Kier molecular flexibility index (Phi) is 4.86. The number of nitrogens with two attached hydrogens (primary N) is 1. The van der Waals surface area contributed by atoms with Crippen molar-refractivity contribution >= 4 is 0 Å². The number of nitrogens with zero attached hydrogens (tertiary/aromatic N) is 1. The summed E-state index contributed by atoms with van der Waals surface area (Å²) in [6, 6.07) is 0. The fourth-order valence-electron chi connectivity index (χ4n) is 0.406. The van der Waals surface area contributed by atoms with Gasteiger partial charge in [0.05, 0.1) is 0 Å². The van der Waals surface area contributed by atoms with Crippen molar-refractivity contribution in [2.24, 2.45) is 5.73 Å². The smallest absolute Gasteiger partial charge is 0.0439 e. The lowest BCUT2D eigenvalue weighted by Gasteiger charge is -2.07. The molecule has 52 valence electrons. The maximum atomic E-state index is 8.84. The molecular formula is C6H12N2O. The third kappa shape index (κ3) is 5.06. The van der Waals surface area contributed by atoms with Gasteiger partial charge in [-0.15, -0.1) is 6.58 Å². The Balaban J connectivity index is 3.25. The summed E-state index contributed by atoms with van der Waals surface area (Å²) >= 11 is 0. The SMILES string of the molecule is C=CCN(O)CC=CN. The first-order valence-corrected chi connectivity index (χ1v) is 2.72. The van der Waals surface area contributed by atoms with Gasteiger partial charge in [-0.1, -0.05) is 12.2 Å². The van der Waals surface area contributed by atoms with Crippen LogP contribution in [-0.4, -0.2) is 23.4 Å². The van der Waals surface area contributed by atoms with E-state index in [2.05, 4.69) is 6.58 Å². The van der Waals surface area contributed by atoms with Crippen LogP contribution in [0.3, 0.4) is 0 Å². The summed E-state index contributed by atoms with van der Waals surface area (Å²) < 4.78 is 0. The van der Waals surface area contributed by atoms with E-state index in [9.17, 15) is 0 Å². The minimum absolute atomic E-state index is 0.447. The standard InChI is InChI=1S/C6H12N2O/c1-2-5-8(9)6-3-4-7/h2-4,9H,1,5-7H2. The highest BCUT2D eigenvalue weighted by Gasteiger charge is 1.89. The quantitative estimate of drug-likeness (QED) is 0.424. The lowest BCUT2D eigenvalue weighted by molar-refractivity contribution is -0.0692. The second kappa shape index (κ2) is 5.34. The average molecular weight is 128 g/mol. The van der Waals surface area contributed by atoms with Gasteiger partial charge in [0.25, 0.3) is 0 Å². The van der Waals surface area contributed by atoms with E-state index >= 15 is 0 Å². The lowest BCUT2D eigenvalue weighted by atomic mass is 10.5. The largest absolute Gasteiger partial charge is 0.405 e. The molecule has 3 nitrogen and oxygen atoms in total. The van der Waals surface area contributed by atoms with Crippen LogP contribution in [0, 0.1) is 0 Å². The highest BCUT2D eigenvalue weighted by atomic mass is 16.5. The van der Waals surface area contributed by atoms with Crippen LogP contribution in [0.5, 0.6) is 0 Å². The molecule has 0 spiro atoms. The van der Waals surface area contributed by atoms with E-state index in [1.807, 2.05) is 0 Å². The average Bonchev–Trinajstić information content (AvgIpc) is 1.85. The Morgan fingerprint density at radius 3 is 2.67 bits per heavy atom. The molecule has 0 aromatic rings. The van der Waals surface area contributed by atoms with Gasteiger partial charge in [0.2, 0.25) is 0 Å². The summed E-state index contributed by atoms with van der Waals surface area (Å²) in [7, 11) is 0. The molecule has 9 heavy (non-hydrogen) atoms. The van der Waals surface area contributed by atoms with Crippen LogP contribution in [0.1, 0.15) is 0 Å². The van der Waals surface area contributed by atoms with E-state index < -0.39 is 0 Å². The van der Waals surface area contributed by atoms with Crippen molar-refractivity contribution in [2.75, 3.05) is 13.1 Å². The van der Waals surface area contributed by atoms with Gasteiger partial charge in [0.1, 0.15) is 0 Å². The lowest BCUT2D eigenvalue weighted by Crippen LogP contribution is -2.18. The summed E-state index contributed by atoms with van der Waals surface area (Å²) in [6.07, 6.45) is 4.67. The van der Waals surface area contributed by atoms with Gasteiger partial charge in [-0.2, -0.15) is 5.06 Å². The minimum Gasteiger partial charge on any atom is -0.405 e. The van der Waals surface area contributed by atoms with Crippen molar-refractivity contribution < 1.29 is 5.21 Å². The zero-order valence-electron chi connectivity index (χ0n) is 5.33. The van der Waals surface area contributed by atoms with E-state index in [1.54, 1.807) is 12.2 Å². The van der Waals surface area contributed by atoms with Gasteiger partial charge in [0, 0.05) is 13.1 Å². The Hall–Kier alpha value is -0.800. The van der Waals surface area contributed by atoms with Crippen LogP contribution in [0.25, 0.3) is 0 Å². The zero-order valence-corrected chi connectivity index (χ0v) is 5.33. The predicted octanol–water partition coefficient (Wildman–Crippen LogP) is 0.336. The highest BCUT2D eigenvalue weighted by Crippen LogP contribution is 1.80. The van der Waals surface area contributed by atoms with E-state index in [4.69, 9.17) is 10.9 Å².